The van der Waals surface area contributed by atoms with Gasteiger partial charge in [0.15, 0.2) is 0 Å². The monoisotopic (exact) mass is 398 g/mol. The minimum absolute atomic E-state index is 1.27. The smallest absolute Gasteiger partial charge is 0.0267 e. The topological polar surface area (TPSA) is 0 Å². The van der Waals surface area contributed by atoms with Gasteiger partial charge in [0.05, 0.1) is 0 Å². The highest BCUT2D eigenvalue weighted by Gasteiger charge is 2.13. The molecule has 0 N–H and O–H groups in total. The van der Waals surface area contributed by atoms with Crippen LogP contribution in [0.15, 0.2) is 107 Å². The summed E-state index contributed by atoms with van der Waals surface area (Å²) >= 11 is 0. The fourth-order valence-corrected chi connectivity index (χ4v) is 6.00. The summed E-state index contributed by atoms with van der Waals surface area (Å²) < 4.78 is 0. The van der Waals surface area contributed by atoms with E-state index in [1.165, 1.54) is 43.2 Å². The molecule has 0 atom stereocenters. The van der Waals surface area contributed by atoms with Gasteiger partial charge in [-0.3, -0.25) is 0 Å². The Balaban J connectivity index is 1.69. The zero-order valence-corrected chi connectivity index (χ0v) is 17.7. The number of hydrogen-bond donors (Lipinski definition) is 0. The number of benzene rings is 4. The molecule has 138 valence electrons. The fraction of sp³-hybridized carbons (Fsp3) is 0.0769. The Morgan fingerprint density at radius 3 is 1.21 bits per heavy atom. The molecule has 2 heteroatoms. The van der Waals surface area contributed by atoms with Gasteiger partial charge >= 0.3 is 0 Å². The minimum Gasteiger partial charge on any atom is -0.0622 e. The summed E-state index contributed by atoms with van der Waals surface area (Å²) in [6, 6.07) is 34.5. The van der Waals surface area contributed by atoms with Crippen LogP contribution in [0.5, 0.6) is 0 Å². The summed E-state index contributed by atoms with van der Waals surface area (Å²) in [5, 5.41) is 0. The molecular weight excluding hydrogens is 376 g/mol. The second-order valence-corrected chi connectivity index (χ2v) is 9.01. The molecule has 4 rings (SSSR count). The fourth-order valence-electron chi connectivity index (χ4n) is 3.46. The maximum absolute atomic E-state index is 2.23. The third-order valence-electron chi connectivity index (χ3n) is 4.82. The largest absolute Gasteiger partial charge is 0.0622 e. The van der Waals surface area contributed by atoms with Crippen molar-refractivity contribution in [1.82, 2.24) is 0 Å². The van der Waals surface area contributed by atoms with E-state index in [1.807, 2.05) is 21.6 Å². The first-order valence-corrected chi connectivity index (χ1v) is 11.5. The molecule has 0 aliphatic rings. The van der Waals surface area contributed by atoms with Crippen LogP contribution in [0.3, 0.4) is 0 Å². The van der Waals surface area contributed by atoms with Crippen LogP contribution in [0.4, 0.5) is 0 Å². The maximum Gasteiger partial charge on any atom is 0.0267 e. The summed E-state index contributed by atoms with van der Waals surface area (Å²) in [6.07, 6.45) is 0. The molecule has 0 unspecified atom stereocenters. The lowest BCUT2D eigenvalue weighted by Gasteiger charge is -2.15. The van der Waals surface area contributed by atoms with Gasteiger partial charge in [-0.25, -0.2) is 0 Å². The molecule has 0 heterocycles. The van der Waals surface area contributed by atoms with Gasteiger partial charge in [-0.15, -0.1) is 0 Å². The highest BCUT2D eigenvalue weighted by molar-refractivity contribution is 8.76. The van der Waals surface area contributed by atoms with Crippen molar-refractivity contribution in [2.45, 2.75) is 23.6 Å². The van der Waals surface area contributed by atoms with Crippen LogP contribution in [0, 0.1) is 13.8 Å². The van der Waals surface area contributed by atoms with E-state index >= 15 is 0 Å². The predicted octanol–water partition coefficient (Wildman–Crippen LogP) is 8.44. The van der Waals surface area contributed by atoms with Crippen molar-refractivity contribution in [2.24, 2.45) is 0 Å². The Bertz CT molecular complexity index is 981. The molecule has 0 aliphatic carbocycles. The van der Waals surface area contributed by atoms with Gasteiger partial charge in [0.25, 0.3) is 0 Å². The van der Waals surface area contributed by atoms with E-state index < -0.39 is 0 Å². The van der Waals surface area contributed by atoms with Crippen molar-refractivity contribution in [3.05, 3.63) is 108 Å². The first-order valence-electron chi connectivity index (χ1n) is 9.38. The van der Waals surface area contributed by atoms with E-state index in [4.69, 9.17) is 0 Å². The predicted molar refractivity (Wildman–Crippen MR) is 125 cm³/mol. The highest BCUT2D eigenvalue weighted by atomic mass is 33.1. The summed E-state index contributed by atoms with van der Waals surface area (Å²) in [6.45, 7) is 4.39. The zero-order chi connectivity index (χ0) is 19.3. The first-order chi connectivity index (χ1) is 13.7. The molecule has 0 nitrogen and oxygen atoms in total. The Kier molecular flexibility index (Phi) is 5.90. The molecule has 4 aromatic rings. The van der Waals surface area contributed by atoms with Crippen LogP contribution in [0.25, 0.3) is 22.3 Å². The lowest BCUT2D eigenvalue weighted by Crippen LogP contribution is -1.88. The van der Waals surface area contributed by atoms with Crippen LogP contribution < -0.4 is 0 Å². The normalized spacial score (nSPS) is 10.8. The van der Waals surface area contributed by atoms with E-state index in [-0.39, 0.29) is 0 Å². The molecule has 0 spiro atoms. The van der Waals surface area contributed by atoms with Gasteiger partial charge in [-0.1, -0.05) is 107 Å². The van der Waals surface area contributed by atoms with Crippen molar-refractivity contribution in [2.75, 3.05) is 0 Å². The van der Waals surface area contributed by atoms with E-state index in [0.29, 0.717) is 0 Å². The van der Waals surface area contributed by atoms with Gasteiger partial charge in [0, 0.05) is 9.79 Å². The lowest BCUT2D eigenvalue weighted by atomic mass is 10.0. The summed E-state index contributed by atoms with van der Waals surface area (Å²) in [5.41, 5.74) is 7.82. The standard InChI is InChI=1S/C26H22S2/c1-19-11-9-17-23(25(19)21-13-5-3-6-14-21)27-28-24-18-10-12-20(2)26(24)22-15-7-4-8-16-22/h3-18H,1-2H3. The van der Waals surface area contributed by atoms with E-state index in [2.05, 4.69) is 111 Å². The van der Waals surface area contributed by atoms with Crippen LogP contribution in [0.1, 0.15) is 11.1 Å². The molecular formula is C26H22S2. The van der Waals surface area contributed by atoms with Gasteiger partial charge in [0.2, 0.25) is 0 Å². The van der Waals surface area contributed by atoms with Crippen LogP contribution in [-0.4, -0.2) is 0 Å². The number of aryl methyl sites for hydroxylation is 2. The van der Waals surface area contributed by atoms with Gasteiger partial charge in [-0.05, 0) is 59.4 Å². The van der Waals surface area contributed by atoms with Crippen molar-refractivity contribution in [3.8, 4) is 22.3 Å². The quantitative estimate of drug-likeness (QED) is 0.309. The van der Waals surface area contributed by atoms with E-state index in [1.54, 1.807) is 0 Å². The summed E-state index contributed by atoms with van der Waals surface area (Å²) in [4.78, 5) is 2.61. The molecule has 4 aromatic carbocycles. The van der Waals surface area contributed by atoms with Gasteiger partial charge < -0.3 is 0 Å². The van der Waals surface area contributed by atoms with Crippen LogP contribution in [0.2, 0.25) is 0 Å². The molecule has 0 radical (unpaired) electrons. The molecule has 0 aromatic heterocycles. The molecule has 0 aliphatic heterocycles. The van der Waals surface area contributed by atoms with Crippen LogP contribution >= 0.6 is 21.6 Å². The summed E-state index contributed by atoms with van der Waals surface area (Å²) in [5.74, 6) is 0. The third-order valence-corrected chi connectivity index (χ3v) is 7.27. The van der Waals surface area contributed by atoms with Gasteiger partial charge in [0.1, 0.15) is 0 Å². The van der Waals surface area contributed by atoms with E-state index in [9.17, 15) is 0 Å². The van der Waals surface area contributed by atoms with Crippen molar-refractivity contribution < 1.29 is 0 Å². The molecule has 28 heavy (non-hydrogen) atoms. The second kappa shape index (κ2) is 8.72. The third kappa shape index (κ3) is 4.04. The highest BCUT2D eigenvalue weighted by Crippen LogP contribution is 2.46. The Labute approximate surface area is 175 Å². The molecule has 0 fully saturated rings. The zero-order valence-electron chi connectivity index (χ0n) is 16.1. The summed E-state index contributed by atoms with van der Waals surface area (Å²) in [7, 11) is 3.69. The number of hydrogen-bond acceptors (Lipinski definition) is 2. The van der Waals surface area contributed by atoms with Gasteiger partial charge in [-0.2, -0.15) is 0 Å². The van der Waals surface area contributed by atoms with Crippen molar-refractivity contribution in [3.63, 3.8) is 0 Å². The molecule has 0 saturated carbocycles. The van der Waals surface area contributed by atoms with Crippen molar-refractivity contribution >= 4 is 21.6 Å². The molecule has 0 amide bonds. The average Bonchev–Trinajstić information content (AvgIpc) is 2.73. The SMILES string of the molecule is Cc1cccc(SSc2cccc(C)c2-c2ccccc2)c1-c1ccccc1. The maximum atomic E-state index is 2.23. The first kappa shape index (κ1) is 18.9. The van der Waals surface area contributed by atoms with Crippen molar-refractivity contribution in [1.29, 1.82) is 0 Å². The number of rotatable bonds is 5. The lowest BCUT2D eigenvalue weighted by molar-refractivity contribution is 1.35. The molecule has 0 saturated heterocycles. The second-order valence-electron chi connectivity index (χ2n) is 6.79. The average molecular weight is 399 g/mol. The van der Waals surface area contributed by atoms with Crippen LogP contribution in [-0.2, 0) is 0 Å². The Morgan fingerprint density at radius 1 is 0.429 bits per heavy atom. The Hall–Kier alpha value is -2.42. The molecule has 0 bridgehead atoms. The van der Waals surface area contributed by atoms with E-state index in [0.717, 1.165) is 0 Å². The minimum atomic E-state index is 1.27. The Morgan fingerprint density at radius 2 is 0.821 bits per heavy atom.